The van der Waals surface area contributed by atoms with Crippen molar-refractivity contribution in [2.75, 3.05) is 38.7 Å². The third-order valence-corrected chi connectivity index (χ3v) is 3.25. The van der Waals surface area contributed by atoms with Gasteiger partial charge in [-0.3, -0.25) is 9.59 Å². The minimum Gasteiger partial charge on any atom is -0.478 e. The first-order valence-electron chi connectivity index (χ1n) is 7.22. The lowest BCUT2D eigenvalue weighted by molar-refractivity contribution is -0.122. The second-order valence-corrected chi connectivity index (χ2v) is 4.93. The van der Waals surface area contributed by atoms with E-state index in [1.807, 2.05) is 0 Å². The number of nitrogens with one attached hydrogen (secondary N) is 3. The number of carbonyl (C=O) groups is 2. The molecule has 2 amide bonds. The average molecular weight is 307 g/mol. The molecule has 0 radical (unpaired) electrons. The van der Waals surface area contributed by atoms with Crippen molar-refractivity contribution in [2.24, 2.45) is 0 Å². The van der Waals surface area contributed by atoms with Crippen LogP contribution >= 0.6 is 0 Å². The number of methoxy groups -OCH3 is 1. The van der Waals surface area contributed by atoms with E-state index >= 15 is 0 Å². The maximum atomic E-state index is 12.2. The Morgan fingerprint density at radius 2 is 2.18 bits per heavy atom. The van der Waals surface area contributed by atoms with Crippen molar-refractivity contribution in [2.45, 2.75) is 13.0 Å². The fourth-order valence-electron chi connectivity index (χ4n) is 2.06. The van der Waals surface area contributed by atoms with Crippen LogP contribution in [0, 0.1) is 0 Å². The molecule has 0 aromatic heterocycles. The Balaban J connectivity index is 1.93. The minimum absolute atomic E-state index is 0.215. The van der Waals surface area contributed by atoms with Crippen LogP contribution in [0.4, 0.5) is 5.69 Å². The zero-order valence-corrected chi connectivity index (χ0v) is 12.8. The summed E-state index contributed by atoms with van der Waals surface area (Å²) in [5, 5.41) is 8.68. The summed E-state index contributed by atoms with van der Waals surface area (Å²) in [6, 6.07) is 5.10. The summed E-state index contributed by atoms with van der Waals surface area (Å²) < 4.78 is 10.5. The van der Waals surface area contributed by atoms with E-state index in [1.165, 1.54) is 0 Å². The van der Waals surface area contributed by atoms with Crippen LogP contribution in [-0.4, -0.2) is 51.3 Å². The van der Waals surface area contributed by atoms with Crippen molar-refractivity contribution < 1.29 is 19.1 Å². The number of amides is 2. The number of hydrogen-bond donors (Lipinski definition) is 3. The summed E-state index contributed by atoms with van der Waals surface area (Å²) in [5.41, 5.74) is 0.940. The summed E-state index contributed by atoms with van der Waals surface area (Å²) in [5.74, 6) is -0.0272. The maximum absolute atomic E-state index is 12.2. The van der Waals surface area contributed by atoms with Gasteiger partial charge in [0, 0.05) is 26.7 Å². The van der Waals surface area contributed by atoms with Gasteiger partial charge >= 0.3 is 0 Å². The van der Waals surface area contributed by atoms with Crippen molar-refractivity contribution in [3.63, 3.8) is 0 Å². The van der Waals surface area contributed by atoms with Gasteiger partial charge in [-0.25, -0.2) is 0 Å². The molecule has 1 heterocycles. The lowest BCUT2D eigenvalue weighted by Crippen LogP contribution is -2.37. The van der Waals surface area contributed by atoms with E-state index in [1.54, 1.807) is 32.2 Å². The molecule has 0 saturated carbocycles. The van der Waals surface area contributed by atoms with Gasteiger partial charge in [0.05, 0.1) is 17.9 Å². The lowest BCUT2D eigenvalue weighted by atomic mass is 10.1. The van der Waals surface area contributed by atoms with E-state index in [4.69, 9.17) is 9.47 Å². The molecule has 0 fully saturated rings. The summed E-state index contributed by atoms with van der Waals surface area (Å²) >= 11 is 0. The van der Waals surface area contributed by atoms with Crippen LogP contribution in [0.1, 0.15) is 17.3 Å². The molecule has 1 unspecified atom stereocenters. The summed E-state index contributed by atoms with van der Waals surface area (Å²) in [6.07, 6.45) is -0.614. The third kappa shape index (κ3) is 3.96. The monoisotopic (exact) mass is 307 g/mol. The van der Waals surface area contributed by atoms with Gasteiger partial charge in [-0.2, -0.15) is 0 Å². The fourth-order valence-corrected chi connectivity index (χ4v) is 2.06. The van der Waals surface area contributed by atoms with Crippen LogP contribution in [0.15, 0.2) is 18.2 Å². The van der Waals surface area contributed by atoms with Crippen LogP contribution in [0.2, 0.25) is 0 Å². The van der Waals surface area contributed by atoms with Gasteiger partial charge in [0.1, 0.15) is 0 Å². The highest BCUT2D eigenvalue weighted by Gasteiger charge is 2.27. The van der Waals surface area contributed by atoms with Gasteiger partial charge in [-0.1, -0.05) is 6.07 Å². The van der Waals surface area contributed by atoms with Crippen molar-refractivity contribution in [3.05, 3.63) is 23.8 Å². The molecule has 0 bridgehead atoms. The molecule has 0 spiro atoms. The first-order valence-corrected chi connectivity index (χ1v) is 7.22. The van der Waals surface area contributed by atoms with Gasteiger partial charge < -0.3 is 25.4 Å². The van der Waals surface area contributed by atoms with Crippen LogP contribution < -0.4 is 20.7 Å². The molecule has 120 valence electrons. The van der Waals surface area contributed by atoms with Gasteiger partial charge in [0.2, 0.25) is 0 Å². The first-order chi connectivity index (χ1) is 10.6. The molecule has 0 aliphatic carbocycles. The number of rotatable bonds is 7. The highest BCUT2D eigenvalue weighted by molar-refractivity contribution is 6.03. The lowest BCUT2D eigenvalue weighted by Gasteiger charge is -2.25. The quantitative estimate of drug-likeness (QED) is 0.634. The van der Waals surface area contributed by atoms with E-state index in [2.05, 4.69) is 16.0 Å². The number of fused-ring (bicyclic) bond motifs is 1. The third-order valence-electron chi connectivity index (χ3n) is 3.25. The Kier molecular flexibility index (Phi) is 5.74. The topological polar surface area (TPSA) is 88.7 Å². The molecule has 0 saturated heterocycles. The molecule has 22 heavy (non-hydrogen) atoms. The zero-order chi connectivity index (χ0) is 15.9. The second kappa shape index (κ2) is 7.77. The molecule has 3 N–H and O–H groups in total. The predicted octanol–water partition coefficient (Wildman–Crippen LogP) is 0.372. The number of ether oxygens (including phenoxy) is 2. The highest BCUT2D eigenvalue weighted by atomic mass is 16.5. The Morgan fingerprint density at radius 3 is 2.95 bits per heavy atom. The molecule has 1 aliphatic heterocycles. The van der Waals surface area contributed by atoms with E-state index in [-0.39, 0.29) is 11.8 Å². The minimum atomic E-state index is -0.614. The largest absolute Gasteiger partial charge is 0.478 e. The molecule has 1 aromatic carbocycles. The predicted molar refractivity (Wildman–Crippen MR) is 82.2 cm³/mol. The van der Waals surface area contributed by atoms with Crippen LogP contribution in [0.25, 0.3) is 0 Å². The van der Waals surface area contributed by atoms with Crippen molar-refractivity contribution >= 4 is 17.5 Å². The Labute approximate surface area is 129 Å². The number of para-hydroxylation sites is 1. The van der Waals surface area contributed by atoms with Crippen molar-refractivity contribution in [1.29, 1.82) is 0 Å². The molecule has 1 atom stereocenters. The number of anilines is 1. The molecule has 2 rings (SSSR count). The zero-order valence-electron chi connectivity index (χ0n) is 12.8. The number of benzene rings is 1. The molecular weight excluding hydrogens is 286 g/mol. The van der Waals surface area contributed by atoms with Gasteiger partial charge in [0.25, 0.3) is 11.8 Å². The van der Waals surface area contributed by atoms with Crippen LogP contribution in [0.5, 0.6) is 5.75 Å². The number of carbonyl (C=O) groups excluding carboxylic acids is 2. The SMILES string of the molecule is COCCNCCNC(=O)c1cccc2c1OC(C)C(=O)N2. The smallest absolute Gasteiger partial charge is 0.265 e. The molecule has 1 aromatic rings. The normalized spacial score (nSPS) is 16.5. The fraction of sp³-hybridized carbons (Fsp3) is 0.467. The van der Waals surface area contributed by atoms with Crippen molar-refractivity contribution in [1.82, 2.24) is 10.6 Å². The van der Waals surface area contributed by atoms with Crippen LogP contribution in [0.3, 0.4) is 0 Å². The summed E-state index contributed by atoms with van der Waals surface area (Å²) in [6.45, 7) is 4.16. The highest BCUT2D eigenvalue weighted by Crippen LogP contribution is 2.33. The van der Waals surface area contributed by atoms with E-state index in [0.29, 0.717) is 36.7 Å². The van der Waals surface area contributed by atoms with E-state index < -0.39 is 6.10 Å². The maximum Gasteiger partial charge on any atom is 0.265 e. The summed E-state index contributed by atoms with van der Waals surface area (Å²) in [7, 11) is 1.64. The Hall–Kier alpha value is -2.12. The Bertz CT molecular complexity index is 548. The molecule has 1 aliphatic rings. The van der Waals surface area contributed by atoms with Gasteiger partial charge in [0.15, 0.2) is 11.9 Å². The standard InChI is InChI=1S/C15H21N3O4/c1-10-14(19)18-12-5-3-4-11(13(12)22-10)15(20)17-7-6-16-8-9-21-2/h3-5,10,16H,6-9H2,1-2H3,(H,17,20)(H,18,19). The molecule has 7 nitrogen and oxygen atoms in total. The second-order valence-electron chi connectivity index (χ2n) is 4.93. The average Bonchev–Trinajstić information content (AvgIpc) is 2.51. The summed E-state index contributed by atoms with van der Waals surface area (Å²) in [4.78, 5) is 23.8. The molecule has 7 heteroatoms. The Morgan fingerprint density at radius 1 is 1.36 bits per heavy atom. The van der Waals surface area contributed by atoms with Gasteiger partial charge in [-0.05, 0) is 19.1 Å². The van der Waals surface area contributed by atoms with Crippen molar-refractivity contribution in [3.8, 4) is 5.75 Å². The van der Waals surface area contributed by atoms with Crippen LogP contribution in [-0.2, 0) is 9.53 Å². The molecular formula is C15H21N3O4. The van der Waals surface area contributed by atoms with Gasteiger partial charge in [-0.15, -0.1) is 0 Å². The van der Waals surface area contributed by atoms with E-state index in [9.17, 15) is 9.59 Å². The first kappa shape index (κ1) is 16.3. The van der Waals surface area contributed by atoms with E-state index in [0.717, 1.165) is 6.54 Å². The number of hydrogen-bond acceptors (Lipinski definition) is 5.